The molecule has 1 aliphatic rings. The standard InChI is InChI=1S/C19H18ClFN4O2S/c1-10-14(16(25-27-10)15-12(20)8-5-9-13(15)21)17(26)22-19-24-23-18(28-19)11-6-3-2-4-7-11/h5,8-9,11H,2-4,6-7H2,1H3,(H,22,24,26). The summed E-state index contributed by atoms with van der Waals surface area (Å²) in [6, 6.07) is 4.28. The fourth-order valence-electron chi connectivity index (χ4n) is 3.49. The largest absolute Gasteiger partial charge is 0.360 e. The van der Waals surface area contributed by atoms with Crippen LogP contribution < -0.4 is 5.32 Å². The van der Waals surface area contributed by atoms with Gasteiger partial charge in [0.05, 0.1) is 10.6 Å². The zero-order valence-corrected chi connectivity index (χ0v) is 16.7. The molecule has 3 aromatic rings. The second kappa shape index (κ2) is 7.97. The van der Waals surface area contributed by atoms with Crippen molar-refractivity contribution in [3.8, 4) is 11.3 Å². The maximum absolute atomic E-state index is 14.3. The van der Waals surface area contributed by atoms with Gasteiger partial charge in [-0.15, -0.1) is 10.2 Å². The lowest BCUT2D eigenvalue weighted by Crippen LogP contribution is -2.13. The fourth-order valence-corrected chi connectivity index (χ4v) is 4.65. The average molecular weight is 421 g/mol. The van der Waals surface area contributed by atoms with E-state index in [2.05, 4.69) is 20.7 Å². The third-order valence-electron chi connectivity index (χ3n) is 4.90. The summed E-state index contributed by atoms with van der Waals surface area (Å²) in [5.74, 6) is -0.393. The first-order valence-electron chi connectivity index (χ1n) is 9.10. The van der Waals surface area contributed by atoms with Crippen molar-refractivity contribution in [2.24, 2.45) is 0 Å². The maximum atomic E-state index is 14.3. The quantitative estimate of drug-likeness (QED) is 0.594. The number of hydrogen-bond donors (Lipinski definition) is 1. The van der Waals surface area contributed by atoms with Crippen molar-refractivity contribution in [1.82, 2.24) is 15.4 Å². The number of hydrogen-bond acceptors (Lipinski definition) is 6. The minimum absolute atomic E-state index is 0.0336. The Morgan fingerprint density at radius 1 is 1.29 bits per heavy atom. The number of halogens is 2. The van der Waals surface area contributed by atoms with Crippen molar-refractivity contribution in [2.45, 2.75) is 44.9 Å². The topological polar surface area (TPSA) is 80.9 Å². The maximum Gasteiger partial charge on any atom is 0.263 e. The summed E-state index contributed by atoms with van der Waals surface area (Å²) in [5.41, 5.74) is 0.225. The molecule has 0 atom stereocenters. The molecule has 0 spiro atoms. The molecule has 1 N–H and O–H groups in total. The molecule has 9 heteroatoms. The Morgan fingerprint density at radius 3 is 2.82 bits per heavy atom. The van der Waals surface area contributed by atoms with Crippen LogP contribution in [0.5, 0.6) is 0 Å². The van der Waals surface area contributed by atoms with Gasteiger partial charge in [0, 0.05) is 5.92 Å². The van der Waals surface area contributed by atoms with E-state index in [0.717, 1.165) is 17.8 Å². The van der Waals surface area contributed by atoms with Crippen LogP contribution in [0.4, 0.5) is 9.52 Å². The summed E-state index contributed by atoms with van der Waals surface area (Å²) < 4.78 is 19.5. The molecule has 0 unspecified atom stereocenters. The normalized spacial score (nSPS) is 15.0. The van der Waals surface area contributed by atoms with Crippen molar-refractivity contribution in [3.05, 3.63) is 45.4 Å². The molecule has 2 aromatic heterocycles. The molecule has 28 heavy (non-hydrogen) atoms. The number of rotatable bonds is 4. The SMILES string of the molecule is Cc1onc(-c2c(F)cccc2Cl)c1C(=O)Nc1nnc(C2CCCCC2)s1. The zero-order valence-electron chi connectivity index (χ0n) is 15.2. The van der Waals surface area contributed by atoms with Crippen molar-refractivity contribution in [1.29, 1.82) is 0 Å². The molecule has 1 saturated carbocycles. The van der Waals surface area contributed by atoms with Crippen LogP contribution in [-0.4, -0.2) is 21.3 Å². The van der Waals surface area contributed by atoms with Crippen LogP contribution in [0, 0.1) is 12.7 Å². The lowest BCUT2D eigenvalue weighted by atomic mass is 9.90. The van der Waals surface area contributed by atoms with Crippen molar-refractivity contribution < 1.29 is 13.7 Å². The van der Waals surface area contributed by atoms with Crippen LogP contribution in [0.1, 0.15) is 59.1 Å². The monoisotopic (exact) mass is 420 g/mol. The highest BCUT2D eigenvalue weighted by Crippen LogP contribution is 2.36. The Bertz CT molecular complexity index is 993. The molecule has 0 radical (unpaired) electrons. The number of benzene rings is 1. The van der Waals surface area contributed by atoms with Gasteiger partial charge in [-0.1, -0.05) is 53.4 Å². The molecule has 1 aromatic carbocycles. The van der Waals surface area contributed by atoms with Gasteiger partial charge in [0.2, 0.25) is 5.13 Å². The highest BCUT2D eigenvalue weighted by atomic mass is 35.5. The molecule has 1 aliphatic carbocycles. The Balaban J connectivity index is 1.60. The van der Waals surface area contributed by atoms with Crippen LogP contribution in [0.2, 0.25) is 5.02 Å². The van der Waals surface area contributed by atoms with E-state index in [-0.39, 0.29) is 27.6 Å². The molecule has 6 nitrogen and oxygen atoms in total. The first-order chi connectivity index (χ1) is 13.5. The fraction of sp³-hybridized carbons (Fsp3) is 0.368. The Labute approximate surface area is 170 Å². The molecule has 146 valence electrons. The van der Waals surface area contributed by atoms with Crippen LogP contribution in [0.3, 0.4) is 0 Å². The van der Waals surface area contributed by atoms with Gasteiger partial charge in [0.1, 0.15) is 27.8 Å². The van der Waals surface area contributed by atoms with E-state index >= 15 is 0 Å². The van der Waals surface area contributed by atoms with Crippen molar-refractivity contribution in [2.75, 3.05) is 5.32 Å². The number of carbonyl (C=O) groups is 1. The summed E-state index contributed by atoms with van der Waals surface area (Å²) in [4.78, 5) is 12.9. The molecule has 1 fully saturated rings. The first-order valence-corrected chi connectivity index (χ1v) is 10.3. The van der Waals surface area contributed by atoms with E-state index < -0.39 is 11.7 Å². The Hall–Kier alpha value is -2.32. The van der Waals surface area contributed by atoms with Crippen LogP contribution >= 0.6 is 22.9 Å². The zero-order chi connectivity index (χ0) is 19.7. The lowest BCUT2D eigenvalue weighted by Gasteiger charge is -2.18. The van der Waals surface area contributed by atoms with E-state index in [1.54, 1.807) is 6.92 Å². The van der Waals surface area contributed by atoms with E-state index in [1.165, 1.54) is 48.8 Å². The molecule has 2 heterocycles. The van der Waals surface area contributed by atoms with Crippen molar-refractivity contribution >= 4 is 34.0 Å². The van der Waals surface area contributed by atoms with Gasteiger partial charge in [0.25, 0.3) is 5.91 Å². The van der Waals surface area contributed by atoms with Gasteiger partial charge < -0.3 is 4.52 Å². The van der Waals surface area contributed by atoms with E-state index in [9.17, 15) is 9.18 Å². The second-order valence-electron chi connectivity index (χ2n) is 6.79. The van der Waals surface area contributed by atoms with Crippen LogP contribution in [0.25, 0.3) is 11.3 Å². The molecule has 0 aliphatic heterocycles. The first kappa shape index (κ1) is 19.0. The molecule has 0 bridgehead atoms. The third kappa shape index (κ3) is 3.66. The highest BCUT2D eigenvalue weighted by Gasteiger charge is 2.27. The Kier molecular flexibility index (Phi) is 5.41. The molecular formula is C19H18ClFN4O2S. The predicted molar refractivity (Wildman–Crippen MR) is 105 cm³/mol. The van der Waals surface area contributed by atoms with E-state index in [4.69, 9.17) is 16.1 Å². The summed E-state index contributed by atoms with van der Waals surface area (Å²) >= 11 is 7.50. The number of anilines is 1. The molecule has 4 rings (SSSR count). The predicted octanol–water partition coefficient (Wildman–Crippen LogP) is 5.59. The van der Waals surface area contributed by atoms with Gasteiger partial charge in [-0.25, -0.2) is 4.39 Å². The molecule has 0 saturated heterocycles. The summed E-state index contributed by atoms with van der Waals surface area (Å²) in [5, 5.41) is 16.4. The lowest BCUT2D eigenvalue weighted by molar-refractivity contribution is 0.102. The van der Waals surface area contributed by atoms with E-state index in [0.29, 0.717) is 11.0 Å². The minimum atomic E-state index is -0.578. The number of carbonyl (C=O) groups excluding carboxylic acids is 1. The second-order valence-corrected chi connectivity index (χ2v) is 8.21. The number of aryl methyl sites for hydroxylation is 1. The summed E-state index contributed by atoms with van der Waals surface area (Å²) in [6.45, 7) is 1.59. The average Bonchev–Trinajstić information content (AvgIpc) is 3.29. The van der Waals surface area contributed by atoms with Crippen LogP contribution in [-0.2, 0) is 0 Å². The number of nitrogens with one attached hydrogen (secondary N) is 1. The molecule has 1 amide bonds. The van der Waals surface area contributed by atoms with Crippen LogP contribution in [0.15, 0.2) is 22.7 Å². The highest BCUT2D eigenvalue weighted by molar-refractivity contribution is 7.15. The van der Waals surface area contributed by atoms with Gasteiger partial charge in [-0.2, -0.15) is 0 Å². The van der Waals surface area contributed by atoms with Gasteiger partial charge in [-0.3, -0.25) is 10.1 Å². The molecular weight excluding hydrogens is 403 g/mol. The number of aromatic nitrogens is 3. The van der Waals surface area contributed by atoms with Crippen molar-refractivity contribution in [3.63, 3.8) is 0 Å². The smallest absolute Gasteiger partial charge is 0.263 e. The minimum Gasteiger partial charge on any atom is -0.360 e. The van der Waals surface area contributed by atoms with Gasteiger partial charge in [-0.05, 0) is 31.9 Å². The van der Waals surface area contributed by atoms with E-state index in [1.807, 2.05) is 0 Å². The number of nitrogens with zero attached hydrogens (tertiary/aromatic N) is 3. The summed E-state index contributed by atoms with van der Waals surface area (Å²) in [6.07, 6.45) is 5.84. The number of amides is 1. The summed E-state index contributed by atoms with van der Waals surface area (Å²) in [7, 11) is 0. The Morgan fingerprint density at radius 2 is 2.07 bits per heavy atom. The van der Waals surface area contributed by atoms with Gasteiger partial charge >= 0.3 is 0 Å². The van der Waals surface area contributed by atoms with Gasteiger partial charge in [0.15, 0.2) is 0 Å². The third-order valence-corrected chi connectivity index (χ3v) is 6.22.